The predicted molar refractivity (Wildman–Crippen MR) is 51.8 cm³/mol. The zero-order chi connectivity index (χ0) is 8.36. The van der Waals surface area contributed by atoms with Crippen molar-refractivity contribution in [2.75, 3.05) is 13.1 Å². The monoisotopic (exact) mass is 155 g/mol. The molecule has 0 heterocycles. The Balaban J connectivity index is 2.85. The molecule has 11 heavy (non-hydrogen) atoms. The largest absolute Gasteiger partial charge is 0.317 e. The summed E-state index contributed by atoms with van der Waals surface area (Å²) in [5, 5.41) is 3.38. The average Bonchev–Trinajstić information content (AvgIpc) is 2.03. The summed E-state index contributed by atoms with van der Waals surface area (Å²) in [5.41, 5.74) is 0. The van der Waals surface area contributed by atoms with Crippen LogP contribution in [0.25, 0.3) is 0 Å². The summed E-state index contributed by atoms with van der Waals surface area (Å²) >= 11 is 0. The third-order valence-electron chi connectivity index (χ3n) is 1.55. The van der Waals surface area contributed by atoms with Crippen LogP contribution in [0.3, 0.4) is 0 Å². The molecule has 66 valence electrons. The molecule has 0 amide bonds. The highest BCUT2D eigenvalue weighted by molar-refractivity contribution is 4.79. The van der Waals surface area contributed by atoms with Crippen LogP contribution in [-0.2, 0) is 0 Å². The number of hydrogen-bond acceptors (Lipinski definition) is 1. The molecule has 1 nitrogen and oxygen atoms in total. The lowest BCUT2D eigenvalue weighted by Gasteiger charge is -1.99. The van der Waals surface area contributed by atoms with E-state index in [1.165, 1.54) is 32.2 Å². The molecule has 0 fully saturated rings. The summed E-state index contributed by atoms with van der Waals surface area (Å²) in [6.07, 6.45) is 9.42. The number of hydrogen-bond donors (Lipinski definition) is 1. The lowest BCUT2D eigenvalue weighted by atomic mass is 10.2. The van der Waals surface area contributed by atoms with Crippen molar-refractivity contribution in [1.82, 2.24) is 5.32 Å². The first kappa shape index (κ1) is 10.7. The quantitative estimate of drug-likeness (QED) is 0.440. The van der Waals surface area contributed by atoms with Gasteiger partial charge in [-0.3, -0.25) is 0 Å². The van der Waals surface area contributed by atoms with Gasteiger partial charge >= 0.3 is 0 Å². The average molecular weight is 155 g/mol. The molecule has 0 aliphatic carbocycles. The van der Waals surface area contributed by atoms with Gasteiger partial charge in [-0.25, -0.2) is 0 Å². The summed E-state index contributed by atoms with van der Waals surface area (Å²) in [5.74, 6) is 0. The van der Waals surface area contributed by atoms with Crippen molar-refractivity contribution >= 4 is 0 Å². The minimum atomic E-state index is 1.16. The molecule has 0 unspecified atom stereocenters. The third kappa shape index (κ3) is 9.70. The molecule has 0 aliphatic heterocycles. The highest BCUT2D eigenvalue weighted by Gasteiger charge is 1.83. The molecule has 0 bridgehead atoms. The van der Waals surface area contributed by atoms with Crippen LogP contribution in [0.2, 0.25) is 0 Å². The number of nitrogens with one attached hydrogen (secondary N) is 1. The van der Waals surface area contributed by atoms with E-state index in [0.29, 0.717) is 0 Å². The van der Waals surface area contributed by atoms with Crippen LogP contribution in [0, 0.1) is 0 Å². The number of rotatable bonds is 7. The molecule has 0 saturated carbocycles. The van der Waals surface area contributed by atoms with Crippen LogP contribution in [0.4, 0.5) is 0 Å². The standard InChI is InChI=1S/C10H21N/c1-3-5-6-7-8-10-11-9-4-2/h5-6,11H,3-4,7-10H2,1-2H3/b6-5-. The first-order valence-corrected chi connectivity index (χ1v) is 4.77. The van der Waals surface area contributed by atoms with Crippen LogP contribution >= 0.6 is 0 Å². The topological polar surface area (TPSA) is 12.0 Å². The van der Waals surface area contributed by atoms with Crippen LogP contribution in [-0.4, -0.2) is 13.1 Å². The van der Waals surface area contributed by atoms with Crippen LogP contribution in [0.5, 0.6) is 0 Å². The fourth-order valence-electron chi connectivity index (χ4n) is 0.931. The molecular weight excluding hydrogens is 134 g/mol. The molecule has 0 aliphatic rings. The van der Waals surface area contributed by atoms with Crippen molar-refractivity contribution in [3.63, 3.8) is 0 Å². The maximum atomic E-state index is 3.38. The van der Waals surface area contributed by atoms with Crippen LogP contribution < -0.4 is 5.32 Å². The zero-order valence-electron chi connectivity index (χ0n) is 7.90. The fourth-order valence-corrected chi connectivity index (χ4v) is 0.931. The second-order valence-electron chi connectivity index (χ2n) is 2.77. The van der Waals surface area contributed by atoms with E-state index >= 15 is 0 Å². The van der Waals surface area contributed by atoms with Crippen molar-refractivity contribution in [3.05, 3.63) is 12.2 Å². The molecule has 0 aromatic rings. The highest BCUT2D eigenvalue weighted by Crippen LogP contribution is 1.90. The Hall–Kier alpha value is -0.300. The Bertz CT molecular complexity index is 86.9. The van der Waals surface area contributed by atoms with Crippen molar-refractivity contribution in [2.24, 2.45) is 0 Å². The van der Waals surface area contributed by atoms with E-state index < -0.39 is 0 Å². The zero-order valence-corrected chi connectivity index (χ0v) is 7.90. The predicted octanol–water partition coefficient (Wildman–Crippen LogP) is 2.73. The first-order valence-electron chi connectivity index (χ1n) is 4.77. The normalized spacial score (nSPS) is 11.1. The van der Waals surface area contributed by atoms with Crippen molar-refractivity contribution in [3.8, 4) is 0 Å². The first-order chi connectivity index (χ1) is 5.41. The number of unbranched alkanes of at least 4 members (excludes halogenated alkanes) is 1. The van der Waals surface area contributed by atoms with Gasteiger partial charge in [-0.15, -0.1) is 0 Å². The minimum Gasteiger partial charge on any atom is -0.317 e. The molecule has 0 atom stereocenters. The van der Waals surface area contributed by atoms with E-state index in [-0.39, 0.29) is 0 Å². The Morgan fingerprint density at radius 3 is 2.55 bits per heavy atom. The van der Waals surface area contributed by atoms with E-state index in [1.807, 2.05) is 0 Å². The van der Waals surface area contributed by atoms with Gasteiger partial charge in [-0.05, 0) is 38.8 Å². The van der Waals surface area contributed by atoms with Gasteiger partial charge in [0.2, 0.25) is 0 Å². The SMILES string of the molecule is CC/C=C\CCCNCCC. The van der Waals surface area contributed by atoms with Gasteiger partial charge in [0.25, 0.3) is 0 Å². The Morgan fingerprint density at radius 1 is 1.09 bits per heavy atom. The fraction of sp³-hybridized carbons (Fsp3) is 0.800. The molecule has 0 rings (SSSR count). The summed E-state index contributed by atoms with van der Waals surface area (Å²) < 4.78 is 0. The minimum absolute atomic E-state index is 1.16. The lowest BCUT2D eigenvalue weighted by Crippen LogP contribution is -2.15. The van der Waals surface area contributed by atoms with Crippen molar-refractivity contribution in [1.29, 1.82) is 0 Å². The molecule has 1 N–H and O–H groups in total. The van der Waals surface area contributed by atoms with Crippen molar-refractivity contribution < 1.29 is 0 Å². The van der Waals surface area contributed by atoms with E-state index in [0.717, 1.165) is 6.54 Å². The number of allylic oxidation sites excluding steroid dienone is 2. The summed E-state index contributed by atoms with van der Waals surface area (Å²) in [6, 6.07) is 0. The van der Waals surface area contributed by atoms with E-state index in [2.05, 4.69) is 31.3 Å². The molecule has 0 spiro atoms. The molecular formula is C10H21N. The summed E-state index contributed by atoms with van der Waals surface area (Å²) in [7, 11) is 0. The van der Waals surface area contributed by atoms with Gasteiger partial charge in [0, 0.05) is 0 Å². The molecule has 0 saturated heterocycles. The van der Waals surface area contributed by atoms with Gasteiger partial charge in [0.1, 0.15) is 0 Å². The van der Waals surface area contributed by atoms with Gasteiger partial charge in [0.05, 0.1) is 0 Å². The Labute approximate surface area is 70.9 Å². The molecule has 0 radical (unpaired) electrons. The Kier molecular flexibility index (Phi) is 9.44. The lowest BCUT2D eigenvalue weighted by molar-refractivity contribution is 0.644. The Morgan fingerprint density at radius 2 is 1.91 bits per heavy atom. The molecule has 0 aromatic carbocycles. The summed E-state index contributed by atoms with van der Waals surface area (Å²) in [6.45, 7) is 6.70. The molecule has 1 heteroatoms. The van der Waals surface area contributed by atoms with E-state index in [9.17, 15) is 0 Å². The maximum absolute atomic E-state index is 3.38. The van der Waals surface area contributed by atoms with Crippen LogP contribution in [0.1, 0.15) is 39.5 Å². The van der Waals surface area contributed by atoms with Crippen molar-refractivity contribution in [2.45, 2.75) is 39.5 Å². The second kappa shape index (κ2) is 9.70. The third-order valence-corrected chi connectivity index (χ3v) is 1.55. The van der Waals surface area contributed by atoms with Gasteiger partial charge in [-0.2, -0.15) is 0 Å². The van der Waals surface area contributed by atoms with E-state index in [1.54, 1.807) is 0 Å². The van der Waals surface area contributed by atoms with Gasteiger partial charge in [-0.1, -0.05) is 26.0 Å². The molecule has 0 aromatic heterocycles. The smallest absolute Gasteiger partial charge is 0.00460 e. The van der Waals surface area contributed by atoms with Crippen LogP contribution in [0.15, 0.2) is 12.2 Å². The second-order valence-corrected chi connectivity index (χ2v) is 2.77. The summed E-state index contributed by atoms with van der Waals surface area (Å²) in [4.78, 5) is 0. The van der Waals surface area contributed by atoms with Gasteiger partial charge in [0.15, 0.2) is 0 Å². The van der Waals surface area contributed by atoms with E-state index in [4.69, 9.17) is 0 Å². The highest BCUT2D eigenvalue weighted by atomic mass is 14.8. The maximum Gasteiger partial charge on any atom is -0.00460 e. The van der Waals surface area contributed by atoms with Gasteiger partial charge < -0.3 is 5.32 Å².